The van der Waals surface area contributed by atoms with Crippen molar-refractivity contribution in [1.29, 1.82) is 0 Å². The van der Waals surface area contributed by atoms with Gasteiger partial charge in [0.15, 0.2) is 0 Å². The number of nitrogens with one attached hydrogen (secondary N) is 1. The fraction of sp³-hybridized carbons (Fsp3) is 0.280. The lowest BCUT2D eigenvalue weighted by molar-refractivity contribution is -0.157. The van der Waals surface area contributed by atoms with Gasteiger partial charge < -0.3 is 14.8 Å². The molecule has 4 rings (SSSR count). The number of esters is 1. The number of carbonyl (C=O) groups is 2. The van der Waals surface area contributed by atoms with E-state index in [4.69, 9.17) is 9.47 Å². The molecule has 0 heterocycles. The molecule has 1 N–H and O–H groups in total. The largest absolute Gasteiger partial charge is 0.497 e. The van der Waals surface area contributed by atoms with E-state index < -0.39 is 18.0 Å². The summed E-state index contributed by atoms with van der Waals surface area (Å²) in [7, 11) is 1.64. The van der Waals surface area contributed by atoms with Crippen LogP contribution in [0.15, 0.2) is 66.7 Å². The highest BCUT2D eigenvalue weighted by Crippen LogP contribution is 2.28. The van der Waals surface area contributed by atoms with Gasteiger partial charge in [0.25, 0.3) is 5.91 Å². The molecule has 0 spiro atoms. The maximum Gasteiger partial charge on any atom is 0.314 e. The summed E-state index contributed by atoms with van der Waals surface area (Å²) in [6, 6.07) is 21.0. The van der Waals surface area contributed by atoms with E-state index in [0.717, 1.165) is 34.9 Å². The number of rotatable bonds is 7. The van der Waals surface area contributed by atoms with Crippen LogP contribution in [-0.4, -0.2) is 25.0 Å². The van der Waals surface area contributed by atoms with Crippen molar-refractivity contribution in [2.45, 2.75) is 37.8 Å². The molecule has 0 bridgehead atoms. The minimum Gasteiger partial charge on any atom is -0.497 e. The van der Waals surface area contributed by atoms with Crippen molar-refractivity contribution in [2.75, 3.05) is 7.11 Å². The van der Waals surface area contributed by atoms with Gasteiger partial charge in [0.05, 0.1) is 13.0 Å². The van der Waals surface area contributed by atoms with Gasteiger partial charge in [-0.25, -0.2) is 0 Å². The highest BCUT2D eigenvalue weighted by molar-refractivity contribution is 5.89. The molecule has 5 nitrogen and oxygen atoms in total. The van der Waals surface area contributed by atoms with Crippen LogP contribution in [0.5, 0.6) is 5.75 Å². The average molecular weight is 403 g/mol. The van der Waals surface area contributed by atoms with Crippen molar-refractivity contribution in [3.8, 4) is 5.75 Å². The van der Waals surface area contributed by atoms with E-state index in [9.17, 15) is 9.59 Å². The number of fused-ring (bicyclic) bond motifs is 1. The summed E-state index contributed by atoms with van der Waals surface area (Å²) < 4.78 is 11.0. The zero-order valence-corrected chi connectivity index (χ0v) is 17.1. The van der Waals surface area contributed by atoms with E-state index in [-0.39, 0.29) is 11.9 Å². The summed E-state index contributed by atoms with van der Waals surface area (Å²) in [4.78, 5) is 25.7. The summed E-state index contributed by atoms with van der Waals surface area (Å²) in [6.07, 6.45) is 0.991. The summed E-state index contributed by atoms with van der Waals surface area (Å²) in [5.41, 5.74) is 1.51. The van der Waals surface area contributed by atoms with Crippen molar-refractivity contribution in [3.63, 3.8) is 0 Å². The zero-order valence-electron chi connectivity index (χ0n) is 17.1. The van der Waals surface area contributed by atoms with Gasteiger partial charge in [0, 0.05) is 11.6 Å². The molecule has 3 aromatic carbocycles. The number of hydrogen-bond donors (Lipinski definition) is 1. The Labute approximate surface area is 176 Å². The highest BCUT2D eigenvalue weighted by atomic mass is 16.5. The van der Waals surface area contributed by atoms with Gasteiger partial charge in [0.2, 0.25) is 6.10 Å². The van der Waals surface area contributed by atoms with Gasteiger partial charge in [-0.1, -0.05) is 54.6 Å². The standard InChI is InChI=1S/C25H25NO4/c1-16(18-8-9-20-15-22(29-2)13-10-19(20)14-18)25(28)30-23(17-6-4-3-5-7-17)24(27)26-21-11-12-21/h3-10,13-16,21,23H,11-12H2,1-2H3,(H,26,27)/t16-,23-/m0/s1. The summed E-state index contributed by atoms with van der Waals surface area (Å²) in [5, 5.41) is 4.99. The molecule has 154 valence electrons. The Kier molecular flexibility index (Phi) is 5.70. The number of ether oxygens (including phenoxy) is 2. The normalized spacial score (nSPS) is 15.3. The minimum absolute atomic E-state index is 0.192. The van der Waals surface area contributed by atoms with Crippen molar-refractivity contribution in [2.24, 2.45) is 0 Å². The third-order valence-electron chi connectivity index (χ3n) is 5.42. The van der Waals surface area contributed by atoms with E-state index >= 15 is 0 Å². The predicted molar refractivity (Wildman–Crippen MR) is 115 cm³/mol. The zero-order chi connectivity index (χ0) is 21.1. The molecule has 5 heteroatoms. The third kappa shape index (κ3) is 4.46. The number of methoxy groups -OCH3 is 1. The second-order valence-corrected chi connectivity index (χ2v) is 7.70. The molecule has 1 fully saturated rings. The van der Waals surface area contributed by atoms with Gasteiger partial charge in [0.1, 0.15) is 5.75 Å². The second kappa shape index (κ2) is 8.57. The van der Waals surface area contributed by atoms with E-state index in [2.05, 4.69) is 5.32 Å². The Morgan fingerprint density at radius 2 is 1.63 bits per heavy atom. The molecule has 30 heavy (non-hydrogen) atoms. The molecule has 2 atom stereocenters. The first-order valence-electron chi connectivity index (χ1n) is 10.2. The van der Waals surface area contributed by atoms with Crippen LogP contribution in [0.4, 0.5) is 0 Å². The monoisotopic (exact) mass is 403 g/mol. The molecule has 0 radical (unpaired) electrons. The van der Waals surface area contributed by atoms with Crippen LogP contribution >= 0.6 is 0 Å². The van der Waals surface area contributed by atoms with E-state index in [1.54, 1.807) is 26.2 Å². The lowest BCUT2D eigenvalue weighted by Crippen LogP contribution is -2.34. The number of hydrogen-bond acceptors (Lipinski definition) is 4. The average Bonchev–Trinajstić information content (AvgIpc) is 3.60. The number of benzene rings is 3. The second-order valence-electron chi connectivity index (χ2n) is 7.70. The Bertz CT molecular complexity index is 1060. The lowest BCUT2D eigenvalue weighted by Gasteiger charge is -2.20. The van der Waals surface area contributed by atoms with Crippen molar-refractivity contribution < 1.29 is 19.1 Å². The molecule has 1 aliphatic carbocycles. The Morgan fingerprint density at radius 3 is 2.33 bits per heavy atom. The van der Waals surface area contributed by atoms with Gasteiger partial charge in [-0.3, -0.25) is 9.59 Å². The minimum atomic E-state index is -0.952. The van der Waals surface area contributed by atoms with E-state index in [0.29, 0.717) is 5.56 Å². The van der Waals surface area contributed by atoms with Crippen LogP contribution in [0.25, 0.3) is 10.8 Å². The molecule has 1 aliphatic rings. The highest BCUT2D eigenvalue weighted by Gasteiger charge is 2.32. The fourth-order valence-electron chi connectivity index (χ4n) is 3.40. The first-order chi connectivity index (χ1) is 14.5. The molecular weight excluding hydrogens is 378 g/mol. The summed E-state index contributed by atoms with van der Waals surface area (Å²) in [5.74, 6) is -0.413. The van der Waals surface area contributed by atoms with Crippen LogP contribution in [0.3, 0.4) is 0 Å². The quantitative estimate of drug-likeness (QED) is 0.590. The van der Waals surface area contributed by atoms with Crippen molar-refractivity contribution >= 4 is 22.6 Å². The molecular formula is C25H25NO4. The molecule has 0 saturated heterocycles. The molecule has 3 aromatic rings. The van der Waals surface area contributed by atoms with E-state index in [1.807, 2.05) is 54.6 Å². The molecule has 1 amide bonds. The Hall–Kier alpha value is -3.34. The molecule has 1 saturated carbocycles. The maximum atomic E-state index is 12.9. The number of carbonyl (C=O) groups excluding carboxylic acids is 2. The lowest BCUT2D eigenvalue weighted by atomic mass is 9.97. The van der Waals surface area contributed by atoms with Crippen LogP contribution in [0.2, 0.25) is 0 Å². The maximum absolute atomic E-state index is 12.9. The first kappa shape index (κ1) is 20.0. The topological polar surface area (TPSA) is 64.6 Å². The van der Waals surface area contributed by atoms with Crippen LogP contribution in [0, 0.1) is 0 Å². The Morgan fingerprint density at radius 1 is 0.933 bits per heavy atom. The predicted octanol–water partition coefficient (Wildman–Crippen LogP) is 4.52. The fourth-order valence-corrected chi connectivity index (χ4v) is 3.40. The molecule has 0 aromatic heterocycles. The molecule has 0 unspecified atom stereocenters. The van der Waals surface area contributed by atoms with Crippen LogP contribution < -0.4 is 10.1 Å². The van der Waals surface area contributed by atoms with E-state index in [1.165, 1.54) is 0 Å². The van der Waals surface area contributed by atoms with Gasteiger partial charge in [-0.05, 0) is 48.2 Å². The number of amides is 1. The van der Waals surface area contributed by atoms with Gasteiger partial charge >= 0.3 is 5.97 Å². The Balaban J connectivity index is 1.54. The van der Waals surface area contributed by atoms with Crippen molar-refractivity contribution in [1.82, 2.24) is 5.32 Å². The van der Waals surface area contributed by atoms with Crippen LogP contribution in [-0.2, 0) is 14.3 Å². The third-order valence-corrected chi connectivity index (χ3v) is 5.42. The first-order valence-corrected chi connectivity index (χ1v) is 10.2. The van der Waals surface area contributed by atoms with Gasteiger partial charge in [-0.2, -0.15) is 0 Å². The molecule has 0 aliphatic heterocycles. The summed E-state index contributed by atoms with van der Waals surface area (Å²) >= 11 is 0. The van der Waals surface area contributed by atoms with Crippen molar-refractivity contribution in [3.05, 3.63) is 77.9 Å². The SMILES string of the molecule is COc1ccc2cc([C@H](C)C(=O)O[C@H](C(=O)NC3CC3)c3ccccc3)ccc2c1. The van der Waals surface area contributed by atoms with Gasteiger partial charge in [-0.15, -0.1) is 0 Å². The smallest absolute Gasteiger partial charge is 0.314 e. The summed E-state index contributed by atoms with van der Waals surface area (Å²) in [6.45, 7) is 1.80. The van der Waals surface area contributed by atoms with Crippen LogP contribution in [0.1, 0.15) is 42.9 Å².